The van der Waals surface area contributed by atoms with Gasteiger partial charge < -0.3 is 9.66 Å². The maximum atomic E-state index is 11.3. The van der Waals surface area contributed by atoms with Gasteiger partial charge in [0, 0.05) is 11.8 Å². The lowest BCUT2D eigenvalue weighted by Crippen LogP contribution is -2.42. The molecule has 1 unspecified atom stereocenters. The molecule has 0 fully saturated rings. The first kappa shape index (κ1) is 12.9. The molecule has 0 aliphatic carbocycles. The van der Waals surface area contributed by atoms with E-state index in [2.05, 4.69) is 4.98 Å². The highest BCUT2D eigenvalue weighted by Gasteiger charge is 2.25. The van der Waals surface area contributed by atoms with Gasteiger partial charge in [-0.3, -0.25) is 0 Å². The molecule has 6 heteroatoms. The summed E-state index contributed by atoms with van der Waals surface area (Å²) in [5.74, 6) is 0.0501. The Balaban J connectivity index is 2.82. The van der Waals surface area contributed by atoms with Gasteiger partial charge in [-0.15, -0.1) is 0 Å². The Labute approximate surface area is 108 Å². The molecule has 5 nitrogen and oxygen atoms in total. The zero-order valence-electron chi connectivity index (χ0n) is 10.4. The summed E-state index contributed by atoms with van der Waals surface area (Å²) in [7, 11) is 3.13. The summed E-state index contributed by atoms with van der Waals surface area (Å²) < 4.78 is 22.3. The fourth-order valence-corrected chi connectivity index (χ4v) is 2.15. The number of aromatic hydroxyl groups is 1. The van der Waals surface area contributed by atoms with Gasteiger partial charge in [0.05, 0.1) is 19.5 Å². The number of rotatable bonds is 2. The van der Waals surface area contributed by atoms with E-state index in [1.807, 2.05) is 6.92 Å². The molecule has 1 aromatic carbocycles. The molecule has 18 heavy (non-hydrogen) atoms. The van der Waals surface area contributed by atoms with Crippen LogP contribution in [0.1, 0.15) is 5.69 Å². The molecule has 0 saturated carbocycles. The van der Waals surface area contributed by atoms with Gasteiger partial charge >= 0.3 is 0 Å². The Hall–Kier alpha value is -1.50. The summed E-state index contributed by atoms with van der Waals surface area (Å²) in [5, 5.41) is 10.4. The molecular formula is C12H14N2O3S. The normalized spacial score (nSPS) is 13.8. The minimum atomic E-state index is -2.32. The number of nitrogens with zero attached hydrogens (tertiary/aromatic N) is 2. The first-order valence-electron chi connectivity index (χ1n) is 5.38. The molecular weight excluding hydrogens is 252 g/mol. The lowest BCUT2D eigenvalue weighted by molar-refractivity contribution is 0.464. The van der Waals surface area contributed by atoms with Gasteiger partial charge in [-0.1, -0.05) is 0 Å². The number of hydrogen-bond donors (Lipinski definition) is 1. The zero-order chi connectivity index (χ0) is 13.5. The van der Waals surface area contributed by atoms with Crippen LogP contribution in [0, 0.1) is 6.92 Å². The van der Waals surface area contributed by atoms with Gasteiger partial charge in [-0.2, -0.15) is 0 Å². The molecule has 0 aliphatic heterocycles. The highest BCUT2D eigenvalue weighted by atomic mass is 32.2. The van der Waals surface area contributed by atoms with E-state index in [0.717, 1.165) is 5.69 Å². The van der Waals surface area contributed by atoms with Crippen LogP contribution in [0.15, 0.2) is 24.3 Å². The molecule has 96 valence electrons. The number of phenolic OH excluding ortho intramolecular Hbond substituents is 1. The van der Waals surface area contributed by atoms with Crippen LogP contribution in [-0.2, 0) is 11.3 Å². The Morgan fingerprint density at radius 1 is 1.28 bits per heavy atom. The summed E-state index contributed by atoms with van der Waals surface area (Å²) in [4.78, 5) is 4.25. The second-order valence-electron chi connectivity index (χ2n) is 4.52. The Morgan fingerprint density at radius 2 is 1.94 bits per heavy atom. The second kappa shape index (κ2) is 4.31. The summed E-state index contributed by atoms with van der Waals surface area (Å²) >= 11 is -2.32. The molecule has 1 N–H and O–H groups in total. The number of phenols is 1. The van der Waals surface area contributed by atoms with Crippen molar-refractivity contribution in [3.05, 3.63) is 30.0 Å². The van der Waals surface area contributed by atoms with Crippen molar-refractivity contribution in [2.45, 2.75) is 6.92 Å². The van der Waals surface area contributed by atoms with E-state index in [-0.39, 0.29) is 9.64 Å². The van der Waals surface area contributed by atoms with Crippen molar-refractivity contribution in [1.82, 2.24) is 8.87 Å². The van der Waals surface area contributed by atoms with E-state index in [0.29, 0.717) is 16.6 Å². The first-order valence-corrected chi connectivity index (χ1v) is 6.41. The number of hydrogen-bond acceptors (Lipinski definition) is 4. The van der Waals surface area contributed by atoms with Crippen LogP contribution >= 0.6 is 0 Å². The van der Waals surface area contributed by atoms with Crippen LogP contribution in [0.2, 0.25) is 0 Å². The minimum Gasteiger partial charge on any atom is -0.724 e. The van der Waals surface area contributed by atoms with Gasteiger partial charge in [0.25, 0.3) is 0 Å². The van der Waals surface area contributed by atoms with Crippen LogP contribution in [-0.4, -0.2) is 32.9 Å². The van der Waals surface area contributed by atoms with Crippen LogP contribution in [0.4, 0.5) is 5.69 Å². The van der Waals surface area contributed by atoms with Crippen molar-refractivity contribution in [2.75, 3.05) is 14.1 Å². The van der Waals surface area contributed by atoms with Crippen LogP contribution in [0.5, 0.6) is 5.75 Å². The van der Waals surface area contributed by atoms with E-state index in [9.17, 15) is 13.9 Å². The lowest BCUT2D eigenvalue weighted by Gasteiger charge is -2.30. The number of aryl methyl sites for hydroxylation is 1. The van der Waals surface area contributed by atoms with Crippen molar-refractivity contribution in [3.8, 4) is 5.75 Å². The monoisotopic (exact) mass is 266 g/mol. The van der Waals surface area contributed by atoms with Gasteiger partial charge in [0.2, 0.25) is 0 Å². The molecule has 0 radical (unpaired) electrons. The van der Waals surface area contributed by atoms with Crippen molar-refractivity contribution < 1.29 is 13.9 Å². The Kier molecular flexibility index (Phi) is 3.10. The molecule has 1 aromatic heterocycles. The molecule has 0 spiro atoms. The van der Waals surface area contributed by atoms with Crippen LogP contribution in [0.25, 0.3) is 10.9 Å². The minimum absolute atomic E-state index is 0.0501. The predicted molar refractivity (Wildman–Crippen MR) is 70.7 cm³/mol. The molecule has 1 atom stereocenters. The Morgan fingerprint density at radius 3 is 2.56 bits per heavy atom. The average molecular weight is 266 g/mol. The molecule has 2 aromatic rings. The van der Waals surface area contributed by atoms with Crippen molar-refractivity contribution >= 4 is 27.9 Å². The van der Waals surface area contributed by atoms with Crippen molar-refractivity contribution in [2.24, 2.45) is 0 Å². The molecule has 1 heterocycles. The molecule has 0 amide bonds. The summed E-state index contributed by atoms with van der Waals surface area (Å²) in [6.45, 7) is 1.82. The van der Waals surface area contributed by atoms with E-state index in [1.54, 1.807) is 32.3 Å². The summed E-state index contributed by atoms with van der Waals surface area (Å²) in [6.07, 6.45) is 0. The maximum absolute atomic E-state index is 11.3. The van der Waals surface area contributed by atoms with Gasteiger partial charge in [0.1, 0.15) is 11.3 Å². The Bertz CT molecular complexity index is 641. The summed E-state index contributed by atoms with van der Waals surface area (Å²) in [5.41, 5.74) is 1.76. The van der Waals surface area contributed by atoms with E-state index < -0.39 is 11.3 Å². The number of quaternary nitrogens is 1. The standard InChI is InChI=1S/C12H14N2O3S/c1-8-4-5-9-10(14(2,3)18(16)17)6-7-11(15)12(9)13-8/h4-7H,1-3H3,(H-,15,16,17). The number of aromatic nitrogens is 1. The molecule has 0 bridgehead atoms. The maximum Gasteiger partial charge on any atom is 0.154 e. The smallest absolute Gasteiger partial charge is 0.154 e. The summed E-state index contributed by atoms with van der Waals surface area (Å²) in [6, 6.07) is 6.64. The molecule has 2 rings (SSSR count). The average Bonchev–Trinajstić information content (AvgIpc) is 2.29. The topological polar surface area (TPSA) is 73.2 Å². The van der Waals surface area contributed by atoms with Crippen LogP contribution < -0.4 is 3.89 Å². The third kappa shape index (κ3) is 1.98. The van der Waals surface area contributed by atoms with Crippen molar-refractivity contribution in [1.29, 1.82) is 0 Å². The van der Waals surface area contributed by atoms with Gasteiger partial charge in [-0.25, -0.2) is 13.1 Å². The third-order valence-corrected chi connectivity index (χ3v) is 3.85. The van der Waals surface area contributed by atoms with Gasteiger partial charge in [-0.05, 0) is 25.1 Å². The molecule has 0 saturated heterocycles. The van der Waals surface area contributed by atoms with Crippen molar-refractivity contribution in [3.63, 3.8) is 0 Å². The first-order chi connectivity index (χ1) is 8.34. The van der Waals surface area contributed by atoms with E-state index >= 15 is 0 Å². The molecule has 0 aliphatic rings. The predicted octanol–water partition coefficient (Wildman–Crippen LogP) is 1.61. The third-order valence-electron chi connectivity index (χ3n) is 2.90. The number of pyridine rings is 1. The van der Waals surface area contributed by atoms with Crippen LogP contribution in [0.3, 0.4) is 0 Å². The number of fused-ring (bicyclic) bond motifs is 1. The largest absolute Gasteiger partial charge is 0.724 e. The SMILES string of the molecule is Cc1ccc2c([N+](C)(C)S(=O)[O-])ccc(O)c2n1. The van der Waals surface area contributed by atoms with E-state index in [1.165, 1.54) is 6.07 Å². The highest BCUT2D eigenvalue weighted by molar-refractivity contribution is 7.78. The number of benzene rings is 1. The second-order valence-corrected chi connectivity index (χ2v) is 5.87. The quantitative estimate of drug-likeness (QED) is 0.662. The fourth-order valence-electron chi connectivity index (χ4n) is 1.84. The fraction of sp³-hybridized carbons (Fsp3) is 0.250. The highest BCUT2D eigenvalue weighted by Crippen LogP contribution is 2.34. The lowest BCUT2D eigenvalue weighted by atomic mass is 10.1. The van der Waals surface area contributed by atoms with Gasteiger partial charge in [0.15, 0.2) is 17.0 Å². The van der Waals surface area contributed by atoms with E-state index in [4.69, 9.17) is 0 Å². The zero-order valence-corrected chi connectivity index (χ0v) is 11.2.